The summed E-state index contributed by atoms with van der Waals surface area (Å²) in [6.45, 7) is 6.06. The summed E-state index contributed by atoms with van der Waals surface area (Å²) in [5.74, 6) is 1.39. The molecule has 0 bridgehead atoms. The molecular weight excluding hydrogens is 472 g/mol. The van der Waals surface area contributed by atoms with E-state index in [9.17, 15) is 9.59 Å². The second kappa shape index (κ2) is 9.85. The zero-order valence-electron chi connectivity index (χ0n) is 20.8. The number of carbonyl (C=O) groups is 2. The fourth-order valence-corrected chi connectivity index (χ4v) is 4.62. The number of methoxy groups -OCH3 is 2. The molecular formula is C30H26O7. The Bertz CT molecular complexity index is 1450. The van der Waals surface area contributed by atoms with Crippen LogP contribution in [0.3, 0.4) is 0 Å². The molecule has 3 aromatic rings. The van der Waals surface area contributed by atoms with Crippen LogP contribution in [0, 0.1) is 0 Å². The van der Waals surface area contributed by atoms with E-state index in [1.807, 2.05) is 43.3 Å². The lowest BCUT2D eigenvalue weighted by atomic mass is 9.84. The van der Waals surface area contributed by atoms with Crippen molar-refractivity contribution in [2.24, 2.45) is 0 Å². The number of hydrogen-bond acceptors (Lipinski definition) is 7. The molecule has 0 unspecified atom stereocenters. The lowest BCUT2D eigenvalue weighted by Gasteiger charge is -2.28. The molecule has 0 aliphatic carbocycles. The first-order valence-corrected chi connectivity index (χ1v) is 11.8. The van der Waals surface area contributed by atoms with E-state index in [0.717, 1.165) is 11.1 Å². The van der Waals surface area contributed by atoms with Crippen LogP contribution in [0.25, 0.3) is 6.08 Å². The Balaban J connectivity index is 1.63. The minimum atomic E-state index is -0.486. The van der Waals surface area contributed by atoms with E-state index in [-0.39, 0.29) is 30.5 Å². The maximum Gasteiger partial charge on any atom is 0.312 e. The summed E-state index contributed by atoms with van der Waals surface area (Å²) in [7, 11) is 3.13. The summed E-state index contributed by atoms with van der Waals surface area (Å²) >= 11 is 0. The van der Waals surface area contributed by atoms with Crippen LogP contribution < -0.4 is 23.7 Å². The number of esters is 1. The fourth-order valence-electron chi connectivity index (χ4n) is 4.62. The monoisotopic (exact) mass is 498 g/mol. The van der Waals surface area contributed by atoms with Crippen LogP contribution in [0.5, 0.6) is 28.7 Å². The highest BCUT2D eigenvalue weighted by molar-refractivity contribution is 6.15. The van der Waals surface area contributed by atoms with Gasteiger partial charge in [-0.2, -0.15) is 0 Å². The third kappa shape index (κ3) is 4.44. The highest BCUT2D eigenvalue weighted by Gasteiger charge is 2.40. The summed E-state index contributed by atoms with van der Waals surface area (Å²) < 4.78 is 28.8. The minimum Gasteiger partial charge on any atom is -0.496 e. The van der Waals surface area contributed by atoms with Crippen LogP contribution >= 0.6 is 0 Å². The zero-order chi connectivity index (χ0) is 26.1. The number of ether oxygens (including phenoxy) is 5. The van der Waals surface area contributed by atoms with Crippen molar-refractivity contribution in [2.45, 2.75) is 19.3 Å². The number of benzene rings is 3. The summed E-state index contributed by atoms with van der Waals surface area (Å²) in [4.78, 5) is 26.0. The fraction of sp³-hybridized carbons (Fsp3) is 0.200. The Morgan fingerprint density at radius 1 is 1.00 bits per heavy atom. The van der Waals surface area contributed by atoms with Crippen molar-refractivity contribution in [1.29, 1.82) is 0 Å². The van der Waals surface area contributed by atoms with Crippen molar-refractivity contribution >= 4 is 17.8 Å². The number of Topliss-reactive ketones (excluding diaryl/α,β-unsaturated/α-hetero) is 1. The molecule has 0 spiro atoms. The minimum absolute atomic E-state index is 0.0448. The molecule has 188 valence electrons. The van der Waals surface area contributed by atoms with Gasteiger partial charge in [0.2, 0.25) is 5.78 Å². The third-order valence-electron chi connectivity index (χ3n) is 6.27. The molecule has 7 heteroatoms. The number of allylic oxidation sites excluding steroid dienone is 1. The van der Waals surface area contributed by atoms with Crippen molar-refractivity contribution < 1.29 is 33.3 Å². The molecule has 0 radical (unpaired) electrons. The van der Waals surface area contributed by atoms with Gasteiger partial charge in [0.1, 0.15) is 23.9 Å². The maximum atomic E-state index is 13.3. The Hall–Kier alpha value is -4.52. The molecule has 0 saturated carbocycles. The van der Waals surface area contributed by atoms with Crippen molar-refractivity contribution in [3.8, 4) is 28.7 Å². The van der Waals surface area contributed by atoms with Crippen LogP contribution in [0.1, 0.15) is 46.3 Å². The van der Waals surface area contributed by atoms with Gasteiger partial charge in [0.05, 0.1) is 26.2 Å². The molecule has 0 amide bonds. The molecule has 1 atom stereocenters. The summed E-state index contributed by atoms with van der Waals surface area (Å²) in [6, 6.07) is 16.1. The molecule has 2 aliphatic rings. The van der Waals surface area contributed by atoms with E-state index >= 15 is 0 Å². The Labute approximate surface area is 214 Å². The van der Waals surface area contributed by atoms with Gasteiger partial charge in [-0.15, -0.1) is 0 Å². The van der Waals surface area contributed by atoms with Gasteiger partial charge in [0.25, 0.3) is 0 Å². The van der Waals surface area contributed by atoms with Gasteiger partial charge >= 0.3 is 5.97 Å². The van der Waals surface area contributed by atoms with Gasteiger partial charge in [0.15, 0.2) is 17.3 Å². The van der Waals surface area contributed by atoms with Crippen LogP contribution in [0.15, 0.2) is 72.5 Å². The predicted molar refractivity (Wildman–Crippen MR) is 138 cm³/mol. The highest BCUT2D eigenvalue weighted by atomic mass is 16.5. The number of hydrogen-bond donors (Lipinski definition) is 0. The van der Waals surface area contributed by atoms with Crippen molar-refractivity contribution in [1.82, 2.24) is 0 Å². The highest BCUT2D eigenvalue weighted by Crippen LogP contribution is 2.51. The molecule has 0 N–H and O–H groups in total. The average Bonchev–Trinajstić information content (AvgIpc) is 3.21. The molecule has 7 nitrogen and oxygen atoms in total. The first-order valence-electron chi connectivity index (χ1n) is 11.8. The largest absolute Gasteiger partial charge is 0.496 e. The van der Waals surface area contributed by atoms with Gasteiger partial charge in [-0.25, -0.2) is 0 Å². The average molecular weight is 499 g/mol. The first kappa shape index (κ1) is 24.2. The number of rotatable bonds is 7. The van der Waals surface area contributed by atoms with Crippen LogP contribution in [-0.4, -0.2) is 32.6 Å². The van der Waals surface area contributed by atoms with Crippen molar-refractivity contribution in [3.05, 3.63) is 94.8 Å². The maximum absolute atomic E-state index is 13.3. The first-order chi connectivity index (χ1) is 17.9. The summed E-state index contributed by atoms with van der Waals surface area (Å²) in [5.41, 5.74) is 3.28. The van der Waals surface area contributed by atoms with E-state index in [2.05, 4.69) is 6.58 Å². The molecule has 3 aromatic carbocycles. The SMILES string of the molecule is C=C(C)COc1c(OC)cccc1[C@H]1CC(=O)Oc2ccc3c(c21)O/C(=C\c1ccccc1OC)C3=O. The van der Waals surface area contributed by atoms with Gasteiger partial charge in [-0.3, -0.25) is 9.59 Å². The third-order valence-corrected chi connectivity index (χ3v) is 6.27. The van der Waals surface area contributed by atoms with Gasteiger partial charge in [0, 0.05) is 22.6 Å². The Kier molecular flexibility index (Phi) is 6.44. The second-order valence-electron chi connectivity index (χ2n) is 8.89. The Morgan fingerprint density at radius 3 is 2.51 bits per heavy atom. The van der Waals surface area contributed by atoms with Crippen LogP contribution in [0.2, 0.25) is 0 Å². The molecule has 0 fully saturated rings. The van der Waals surface area contributed by atoms with Crippen LogP contribution in [-0.2, 0) is 4.79 Å². The molecule has 2 heterocycles. The van der Waals surface area contributed by atoms with Crippen molar-refractivity contribution in [2.75, 3.05) is 20.8 Å². The van der Waals surface area contributed by atoms with E-state index in [0.29, 0.717) is 45.4 Å². The van der Waals surface area contributed by atoms with Crippen LogP contribution in [0.4, 0.5) is 0 Å². The smallest absolute Gasteiger partial charge is 0.312 e. The Morgan fingerprint density at radius 2 is 1.76 bits per heavy atom. The summed E-state index contributed by atoms with van der Waals surface area (Å²) in [6.07, 6.45) is 1.70. The topological polar surface area (TPSA) is 80.3 Å². The van der Waals surface area contributed by atoms with Gasteiger partial charge in [-0.1, -0.05) is 36.9 Å². The molecule has 5 rings (SSSR count). The molecule has 0 aromatic heterocycles. The standard InChI is InChI=1S/C30H26O7/c1-17(2)16-35-29-19(9-7-11-24(29)34-4)21-15-26(31)36-23-13-12-20-28(32)25(37-30(20)27(21)23)14-18-8-5-6-10-22(18)33-3/h5-14,21H,1,15-16H2,2-4H3/b25-14-/t21-/m1/s1. The lowest BCUT2D eigenvalue weighted by Crippen LogP contribution is -2.22. The van der Waals surface area contributed by atoms with E-state index in [4.69, 9.17) is 23.7 Å². The van der Waals surface area contributed by atoms with E-state index in [1.165, 1.54) is 0 Å². The van der Waals surface area contributed by atoms with Gasteiger partial charge in [-0.05, 0) is 42.8 Å². The van der Waals surface area contributed by atoms with Gasteiger partial charge < -0.3 is 23.7 Å². The number of carbonyl (C=O) groups excluding carboxylic acids is 2. The van der Waals surface area contributed by atoms with Crippen molar-refractivity contribution in [3.63, 3.8) is 0 Å². The predicted octanol–water partition coefficient (Wildman–Crippen LogP) is 5.72. The number of ketones is 1. The molecule has 37 heavy (non-hydrogen) atoms. The molecule has 2 aliphatic heterocycles. The lowest BCUT2D eigenvalue weighted by molar-refractivity contribution is -0.135. The number of para-hydroxylation sites is 2. The molecule has 0 saturated heterocycles. The number of fused-ring (bicyclic) bond motifs is 3. The van der Waals surface area contributed by atoms with E-state index in [1.54, 1.807) is 38.5 Å². The second-order valence-corrected chi connectivity index (χ2v) is 8.89. The quantitative estimate of drug-likeness (QED) is 0.178. The summed E-state index contributed by atoms with van der Waals surface area (Å²) in [5, 5.41) is 0. The zero-order valence-corrected chi connectivity index (χ0v) is 20.8. The van der Waals surface area contributed by atoms with E-state index < -0.39 is 5.92 Å². The normalized spacial score (nSPS) is 16.9.